The van der Waals surface area contributed by atoms with Gasteiger partial charge in [0.2, 0.25) is 5.95 Å². The molecule has 0 fully saturated rings. The molecule has 0 saturated heterocycles. The highest BCUT2D eigenvalue weighted by Crippen LogP contribution is 2.25. The van der Waals surface area contributed by atoms with E-state index in [0.29, 0.717) is 32.3 Å². The molecule has 5 nitrogen and oxygen atoms in total. The maximum atomic E-state index is 12.2. The third kappa shape index (κ3) is 4.60. The summed E-state index contributed by atoms with van der Waals surface area (Å²) in [6, 6.07) is 11.9. The van der Waals surface area contributed by atoms with Crippen LogP contribution in [0.4, 0.5) is 17.3 Å². The van der Waals surface area contributed by atoms with E-state index in [4.69, 9.17) is 34.8 Å². The highest BCUT2D eigenvalue weighted by Gasteiger charge is 2.09. The quantitative estimate of drug-likeness (QED) is 0.620. The van der Waals surface area contributed by atoms with Gasteiger partial charge < -0.3 is 10.6 Å². The number of carbonyl (C=O) groups excluding carboxylic acids is 1. The first-order valence-electron chi connectivity index (χ1n) is 7.12. The first-order valence-corrected chi connectivity index (χ1v) is 8.26. The number of hydrogen-bond donors (Lipinski definition) is 2. The molecule has 2 aromatic carbocycles. The zero-order chi connectivity index (χ0) is 17.8. The molecule has 1 amide bonds. The first-order chi connectivity index (χ1) is 12.0. The maximum absolute atomic E-state index is 12.2. The van der Waals surface area contributed by atoms with Crippen molar-refractivity contribution >= 4 is 58.0 Å². The standard InChI is InChI=1S/C17H11Cl3N4O/c18-11-1-3-12(4-2-11)24-17-21-8-10(9-22-17)16(25)23-13-5-6-14(19)15(20)7-13/h1-9H,(H,23,25)(H,21,22,24). The summed E-state index contributed by atoms with van der Waals surface area (Å²) < 4.78 is 0. The van der Waals surface area contributed by atoms with Crippen molar-refractivity contribution in [2.45, 2.75) is 0 Å². The molecular formula is C17H11Cl3N4O. The molecule has 1 heterocycles. The van der Waals surface area contributed by atoms with Gasteiger partial charge in [0.05, 0.1) is 15.6 Å². The van der Waals surface area contributed by atoms with E-state index in [1.807, 2.05) is 0 Å². The SMILES string of the molecule is O=C(Nc1ccc(Cl)c(Cl)c1)c1cnc(Nc2ccc(Cl)cc2)nc1. The van der Waals surface area contributed by atoms with Crippen LogP contribution in [0.2, 0.25) is 15.1 Å². The van der Waals surface area contributed by atoms with Crippen LogP contribution in [0.5, 0.6) is 0 Å². The number of anilines is 3. The van der Waals surface area contributed by atoms with E-state index >= 15 is 0 Å². The predicted octanol–water partition coefficient (Wildman–Crippen LogP) is 5.43. The Kier molecular flexibility index (Phi) is 5.38. The molecule has 2 N–H and O–H groups in total. The largest absolute Gasteiger partial charge is 0.324 e. The molecule has 0 saturated carbocycles. The topological polar surface area (TPSA) is 66.9 Å². The Morgan fingerprint density at radius 3 is 2.12 bits per heavy atom. The molecule has 0 unspecified atom stereocenters. The Balaban J connectivity index is 1.67. The molecular weight excluding hydrogens is 383 g/mol. The number of amides is 1. The number of carbonyl (C=O) groups is 1. The van der Waals surface area contributed by atoms with E-state index in [9.17, 15) is 4.79 Å². The maximum Gasteiger partial charge on any atom is 0.258 e. The van der Waals surface area contributed by atoms with Crippen LogP contribution in [0, 0.1) is 0 Å². The van der Waals surface area contributed by atoms with Gasteiger partial charge in [-0.15, -0.1) is 0 Å². The Labute approximate surface area is 159 Å². The van der Waals surface area contributed by atoms with E-state index in [1.165, 1.54) is 12.4 Å². The monoisotopic (exact) mass is 392 g/mol. The van der Waals surface area contributed by atoms with Gasteiger partial charge in [0.15, 0.2) is 0 Å². The number of halogens is 3. The van der Waals surface area contributed by atoms with E-state index in [-0.39, 0.29) is 5.91 Å². The van der Waals surface area contributed by atoms with Crippen molar-refractivity contribution in [3.8, 4) is 0 Å². The van der Waals surface area contributed by atoms with Gasteiger partial charge in [0, 0.05) is 28.8 Å². The smallest absolute Gasteiger partial charge is 0.258 e. The number of hydrogen-bond acceptors (Lipinski definition) is 4. The molecule has 0 radical (unpaired) electrons. The Bertz CT molecular complexity index is 899. The second kappa shape index (κ2) is 7.70. The lowest BCUT2D eigenvalue weighted by Crippen LogP contribution is -2.13. The number of nitrogens with zero attached hydrogens (tertiary/aromatic N) is 2. The van der Waals surface area contributed by atoms with Crippen LogP contribution < -0.4 is 10.6 Å². The van der Waals surface area contributed by atoms with Gasteiger partial charge >= 0.3 is 0 Å². The predicted molar refractivity (Wildman–Crippen MR) is 101 cm³/mol. The zero-order valence-corrected chi connectivity index (χ0v) is 14.9. The summed E-state index contributed by atoms with van der Waals surface area (Å²) in [6.07, 6.45) is 2.86. The molecule has 3 aromatic rings. The molecule has 25 heavy (non-hydrogen) atoms. The second-order valence-electron chi connectivity index (χ2n) is 5.01. The van der Waals surface area contributed by atoms with Crippen LogP contribution in [-0.2, 0) is 0 Å². The molecule has 3 rings (SSSR count). The fourth-order valence-corrected chi connectivity index (χ4v) is 2.37. The summed E-state index contributed by atoms with van der Waals surface area (Å²) in [4.78, 5) is 20.5. The number of aromatic nitrogens is 2. The average Bonchev–Trinajstić information content (AvgIpc) is 2.61. The molecule has 0 atom stereocenters. The Morgan fingerprint density at radius 1 is 0.840 bits per heavy atom. The van der Waals surface area contributed by atoms with Crippen LogP contribution in [0.15, 0.2) is 54.9 Å². The van der Waals surface area contributed by atoms with Crippen molar-refractivity contribution in [2.24, 2.45) is 0 Å². The van der Waals surface area contributed by atoms with Gasteiger partial charge in [-0.2, -0.15) is 0 Å². The van der Waals surface area contributed by atoms with Crippen molar-refractivity contribution in [2.75, 3.05) is 10.6 Å². The lowest BCUT2D eigenvalue weighted by atomic mass is 10.2. The van der Waals surface area contributed by atoms with Gasteiger partial charge in [0.1, 0.15) is 0 Å². The Morgan fingerprint density at radius 2 is 1.48 bits per heavy atom. The Hall–Kier alpha value is -2.34. The number of benzene rings is 2. The molecule has 0 aliphatic heterocycles. The number of rotatable bonds is 4. The van der Waals surface area contributed by atoms with Crippen molar-refractivity contribution in [1.29, 1.82) is 0 Å². The third-order valence-electron chi connectivity index (χ3n) is 3.19. The minimum absolute atomic E-state index is 0.313. The van der Waals surface area contributed by atoms with Crippen LogP contribution >= 0.6 is 34.8 Å². The first kappa shape index (κ1) is 17.5. The fourth-order valence-electron chi connectivity index (χ4n) is 1.95. The number of nitrogens with one attached hydrogen (secondary N) is 2. The van der Waals surface area contributed by atoms with E-state index in [1.54, 1.807) is 42.5 Å². The highest BCUT2D eigenvalue weighted by atomic mass is 35.5. The van der Waals surface area contributed by atoms with Crippen LogP contribution in [0.1, 0.15) is 10.4 Å². The van der Waals surface area contributed by atoms with Gasteiger partial charge in [-0.25, -0.2) is 9.97 Å². The van der Waals surface area contributed by atoms with Gasteiger partial charge in [-0.05, 0) is 42.5 Å². The summed E-state index contributed by atoms with van der Waals surface area (Å²) >= 11 is 17.6. The molecule has 0 bridgehead atoms. The molecule has 0 spiro atoms. The van der Waals surface area contributed by atoms with Crippen molar-refractivity contribution in [3.05, 3.63) is 75.5 Å². The fraction of sp³-hybridized carbons (Fsp3) is 0. The summed E-state index contributed by atoms with van der Waals surface area (Å²) in [5, 5.41) is 7.14. The minimum Gasteiger partial charge on any atom is -0.324 e. The summed E-state index contributed by atoms with van der Waals surface area (Å²) in [5.74, 6) is 0.0184. The molecule has 1 aromatic heterocycles. The lowest BCUT2D eigenvalue weighted by Gasteiger charge is -2.07. The highest BCUT2D eigenvalue weighted by molar-refractivity contribution is 6.42. The normalized spacial score (nSPS) is 10.4. The van der Waals surface area contributed by atoms with E-state index in [0.717, 1.165) is 5.69 Å². The third-order valence-corrected chi connectivity index (χ3v) is 4.18. The van der Waals surface area contributed by atoms with Crippen molar-refractivity contribution in [3.63, 3.8) is 0 Å². The van der Waals surface area contributed by atoms with Gasteiger partial charge in [-0.1, -0.05) is 34.8 Å². The minimum atomic E-state index is -0.351. The molecule has 126 valence electrons. The molecule has 8 heteroatoms. The van der Waals surface area contributed by atoms with Crippen molar-refractivity contribution in [1.82, 2.24) is 9.97 Å². The summed E-state index contributed by atoms with van der Waals surface area (Å²) in [7, 11) is 0. The van der Waals surface area contributed by atoms with Gasteiger partial charge in [0.25, 0.3) is 5.91 Å². The molecule has 0 aliphatic carbocycles. The lowest BCUT2D eigenvalue weighted by molar-refractivity contribution is 0.102. The zero-order valence-electron chi connectivity index (χ0n) is 12.6. The second-order valence-corrected chi connectivity index (χ2v) is 6.26. The van der Waals surface area contributed by atoms with E-state index < -0.39 is 0 Å². The van der Waals surface area contributed by atoms with Crippen molar-refractivity contribution < 1.29 is 4.79 Å². The van der Waals surface area contributed by atoms with Crippen LogP contribution in [-0.4, -0.2) is 15.9 Å². The summed E-state index contributed by atoms with van der Waals surface area (Å²) in [6.45, 7) is 0. The average molecular weight is 394 g/mol. The molecule has 0 aliphatic rings. The van der Waals surface area contributed by atoms with Crippen LogP contribution in [0.3, 0.4) is 0 Å². The van der Waals surface area contributed by atoms with E-state index in [2.05, 4.69) is 20.6 Å². The van der Waals surface area contributed by atoms with Gasteiger partial charge in [-0.3, -0.25) is 4.79 Å². The van der Waals surface area contributed by atoms with Crippen LogP contribution in [0.25, 0.3) is 0 Å². The summed E-state index contributed by atoms with van der Waals surface area (Å²) in [5.41, 5.74) is 1.63.